The first kappa shape index (κ1) is 18.6. The van der Waals surface area contributed by atoms with Gasteiger partial charge in [-0.25, -0.2) is 17.6 Å². The van der Waals surface area contributed by atoms with Gasteiger partial charge in [0.2, 0.25) is 5.91 Å². The summed E-state index contributed by atoms with van der Waals surface area (Å²) in [7, 11) is -2.45. The van der Waals surface area contributed by atoms with Crippen LogP contribution in [0.5, 0.6) is 0 Å². The molecule has 132 valence electrons. The Kier molecular flexibility index (Phi) is 5.87. The minimum absolute atomic E-state index is 0.303. The van der Waals surface area contributed by atoms with Gasteiger partial charge in [0.05, 0.1) is 18.4 Å². The maximum Gasteiger partial charge on any atom is 0.337 e. The molecule has 0 aromatic heterocycles. The number of benzene rings is 2. The first-order valence-electron chi connectivity index (χ1n) is 7.22. The Hall–Kier alpha value is -2.74. The topological polar surface area (TPSA) is 89.5 Å². The van der Waals surface area contributed by atoms with E-state index in [2.05, 4.69) is 10.1 Å². The summed E-state index contributed by atoms with van der Waals surface area (Å²) in [5.74, 6) is -2.74. The van der Waals surface area contributed by atoms with Crippen LogP contribution >= 0.6 is 0 Å². The van der Waals surface area contributed by atoms with Crippen molar-refractivity contribution in [2.24, 2.45) is 0 Å². The molecule has 0 radical (unpaired) electrons. The van der Waals surface area contributed by atoms with Crippen LogP contribution in [0.15, 0.2) is 48.5 Å². The van der Waals surface area contributed by atoms with Crippen LogP contribution in [0.3, 0.4) is 0 Å². The zero-order valence-electron chi connectivity index (χ0n) is 13.4. The predicted molar refractivity (Wildman–Crippen MR) is 90.3 cm³/mol. The summed E-state index contributed by atoms with van der Waals surface area (Å²) < 4.78 is 41.6. The van der Waals surface area contributed by atoms with E-state index in [0.29, 0.717) is 16.8 Å². The van der Waals surface area contributed by atoms with Crippen molar-refractivity contribution >= 4 is 27.4 Å². The molecule has 8 heteroatoms. The number of esters is 1. The number of methoxy groups -OCH3 is 1. The molecule has 0 aliphatic carbocycles. The van der Waals surface area contributed by atoms with Crippen molar-refractivity contribution < 1.29 is 27.1 Å². The van der Waals surface area contributed by atoms with E-state index in [1.54, 1.807) is 0 Å². The Balaban J connectivity index is 1.97. The second-order valence-corrected chi connectivity index (χ2v) is 7.34. The monoisotopic (exact) mass is 365 g/mol. The summed E-state index contributed by atoms with van der Waals surface area (Å²) >= 11 is 0. The summed E-state index contributed by atoms with van der Waals surface area (Å²) in [5.41, 5.74) is 1.06. The highest BCUT2D eigenvalue weighted by atomic mass is 32.2. The third-order valence-corrected chi connectivity index (χ3v) is 4.72. The minimum atomic E-state index is -3.70. The van der Waals surface area contributed by atoms with Gasteiger partial charge < -0.3 is 10.1 Å². The maximum atomic E-state index is 12.8. The van der Waals surface area contributed by atoms with E-state index >= 15 is 0 Å². The van der Waals surface area contributed by atoms with E-state index in [0.717, 1.165) is 12.1 Å². The number of anilines is 1. The lowest BCUT2D eigenvalue weighted by Gasteiger charge is -2.07. The van der Waals surface area contributed by atoms with Crippen molar-refractivity contribution in [2.75, 3.05) is 18.2 Å². The van der Waals surface area contributed by atoms with Crippen molar-refractivity contribution in [3.8, 4) is 0 Å². The molecule has 0 spiro atoms. The molecule has 1 amide bonds. The molecule has 0 atom stereocenters. The van der Waals surface area contributed by atoms with Gasteiger partial charge >= 0.3 is 5.97 Å². The molecule has 25 heavy (non-hydrogen) atoms. The van der Waals surface area contributed by atoms with Crippen molar-refractivity contribution in [2.45, 2.75) is 5.75 Å². The van der Waals surface area contributed by atoms with Gasteiger partial charge in [-0.3, -0.25) is 4.79 Å². The number of amides is 1. The second-order valence-electron chi connectivity index (χ2n) is 5.28. The number of carbonyl (C=O) groups excluding carboxylic acids is 2. The average Bonchev–Trinajstić information content (AvgIpc) is 2.56. The fraction of sp³-hybridized carbons (Fsp3) is 0.176. The predicted octanol–water partition coefficient (Wildman–Crippen LogP) is 2.17. The Morgan fingerprint density at radius 3 is 2.20 bits per heavy atom. The molecule has 0 unspecified atom stereocenters. The third kappa shape index (κ3) is 5.68. The van der Waals surface area contributed by atoms with E-state index < -0.39 is 33.3 Å². The Bertz CT molecular complexity index is 861. The van der Waals surface area contributed by atoms with Gasteiger partial charge in [-0.15, -0.1) is 0 Å². The van der Waals surface area contributed by atoms with Crippen molar-refractivity contribution in [3.05, 3.63) is 65.5 Å². The molecule has 0 fully saturated rings. The average molecular weight is 365 g/mol. The van der Waals surface area contributed by atoms with Crippen LogP contribution < -0.4 is 5.32 Å². The SMILES string of the molecule is COC(=O)c1ccc(CS(=O)(=O)CC(=O)Nc2ccc(F)cc2)cc1. The summed E-state index contributed by atoms with van der Waals surface area (Å²) in [6, 6.07) is 10.9. The molecule has 0 heterocycles. The van der Waals surface area contributed by atoms with Crippen LogP contribution in [-0.2, 0) is 25.1 Å². The van der Waals surface area contributed by atoms with Gasteiger partial charge in [-0.2, -0.15) is 0 Å². The normalized spacial score (nSPS) is 11.0. The molecule has 1 N–H and O–H groups in total. The van der Waals surface area contributed by atoms with Gasteiger partial charge in [-0.05, 0) is 42.0 Å². The lowest BCUT2D eigenvalue weighted by Crippen LogP contribution is -2.24. The lowest BCUT2D eigenvalue weighted by molar-refractivity contribution is -0.113. The summed E-state index contributed by atoms with van der Waals surface area (Å²) in [5, 5.41) is 2.40. The van der Waals surface area contributed by atoms with Crippen molar-refractivity contribution in [1.29, 1.82) is 0 Å². The van der Waals surface area contributed by atoms with Crippen molar-refractivity contribution in [1.82, 2.24) is 0 Å². The van der Waals surface area contributed by atoms with Crippen LogP contribution in [-0.4, -0.2) is 33.2 Å². The lowest BCUT2D eigenvalue weighted by atomic mass is 10.1. The molecule has 2 aromatic rings. The van der Waals surface area contributed by atoms with E-state index in [1.165, 1.54) is 43.5 Å². The largest absolute Gasteiger partial charge is 0.465 e. The fourth-order valence-corrected chi connectivity index (χ4v) is 3.36. The zero-order valence-corrected chi connectivity index (χ0v) is 14.2. The third-order valence-electron chi connectivity index (χ3n) is 3.24. The Morgan fingerprint density at radius 2 is 1.64 bits per heavy atom. The summed E-state index contributed by atoms with van der Waals surface area (Å²) in [4.78, 5) is 23.2. The summed E-state index contributed by atoms with van der Waals surface area (Å²) in [6.45, 7) is 0. The Morgan fingerprint density at radius 1 is 1.04 bits per heavy atom. The fourth-order valence-electron chi connectivity index (χ4n) is 2.09. The van der Waals surface area contributed by atoms with E-state index in [4.69, 9.17) is 0 Å². The van der Waals surface area contributed by atoms with Crippen LogP contribution in [0.25, 0.3) is 0 Å². The second kappa shape index (κ2) is 7.89. The van der Waals surface area contributed by atoms with Crippen molar-refractivity contribution in [3.63, 3.8) is 0 Å². The smallest absolute Gasteiger partial charge is 0.337 e. The van der Waals surface area contributed by atoms with E-state index in [9.17, 15) is 22.4 Å². The number of carbonyl (C=O) groups is 2. The van der Waals surface area contributed by atoms with Gasteiger partial charge in [0, 0.05) is 5.69 Å². The van der Waals surface area contributed by atoms with Gasteiger partial charge in [0.15, 0.2) is 9.84 Å². The quantitative estimate of drug-likeness (QED) is 0.793. The summed E-state index contributed by atoms with van der Waals surface area (Å²) in [6.07, 6.45) is 0. The molecular formula is C17H16FNO5S. The minimum Gasteiger partial charge on any atom is -0.465 e. The number of rotatable bonds is 6. The molecule has 0 saturated carbocycles. The maximum absolute atomic E-state index is 12.8. The number of sulfone groups is 1. The van der Waals surface area contributed by atoms with Gasteiger partial charge in [0.1, 0.15) is 11.6 Å². The highest BCUT2D eigenvalue weighted by Gasteiger charge is 2.18. The molecule has 0 bridgehead atoms. The first-order chi connectivity index (χ1) is 11.8. The molecule has 2 aromatic carbocycles. The van der Waals surface area contributed by atoms with Gasteiger partial charge in [0.25, 0.3) is 0 Å². The van der Waals surface area contributed by atoms with Crippen LogP contribution in [0, 0.1) is 5.82 Å². The standard InChI is InChI=1S/C17H16FNO5S/c1-24-17(21)13-4-2-12(3-5-13)10-25(22,23)11-16(20)19-15-8-6-14(18)7-9-15/h2-9H,10-11H2,1H3,(H,19,20). The number of nitrogens with one attached hydrogen (secondary N) is 1. The molecule has 6 nitrogen and oxygen atoms in total. The number of hydrogen-bond donors (Lipinski definition) is 1. The highest BCUT2D eigenvalue weighted by Crippen LogP contribution is 2.12. The van der Waals surface area contributed by atoms with Crippen LogP contribution in [0.4, 0.5) is 10.1 Å². The molecule has 0 aliphatic heterocycles. The van der Waals surface area contributed by atoms with Crippen LogP contribution in [0.1, 0.15) is 15.9 Å². The Labute approximate surface area is 144 Å². The highest BCUT2D eigenvalue weighted by molar-refractivity contribution is 7.91. The van der Waals surface area contributed by atoms with Gasteiger partial charge in [-0.1, -0.05) is 12.1 Å². The van der Waals surface area contributed by atoms with E-state index in [1.807, 2.05) is 0 Å². The zero-order chi connectivity index (χ0) is 18.4. The molecule has 2 rings (SSSR count). The van der Waals surface area contributed by atoms with Crippen LogP contribution in [0.2, 0.25) is 0 Å². The van der Waals surface area contributed by atoms with E-state index in [-0.39, 0.29) is 5.75 Å². The first-order valence-corrected chi connectivity index (χ1v) is 9.04. The molecule has 0 saturated heterocycles. The number of halogens is 1. The number of ether oxygens (including phenoxy) is 1. The molecular weight excluding hydrogens is 349 g/mol. The number of hydrogen-bond acceptors (Lipinski definition) is 5. The molecule has 0 aliphatic rings.